The summed E-state index contributed by atoms with van der Waals surface area (Å²) in [6, 6.07) is 11.8. The maximum absolute atomic E-state index is 11.4. The van der Waals surface area contributed by atoms with Gasteiger partial charge in [0.05, 0.1) is 28.7 Å². The van der Waals surface area contributed by atoms with Gasteiger partial charge in [-0.3, -0.25) is 0 Å². The molecular formula is C19H20N4O2S. The Balaban J connectivity index is 1.73. The van der Waals surface area contributed by atoms with Crippen molar-refractivity contribution in [3.8, 4) is 17.0 Å². The van der Waals surface area contributed by atoms with Gasteiger partial charge in [-0.1, -0.05) is 12.1 Å². The molecule has 1 aliphatic rings. The van der Waals surface area contributed by atoms with E-state index in [1.54, 1.807) is 23.3 Å². The number of anilines is 1. The summed E-state index contributed by atoms with van der Waals surface area (Å²) in [4.78, 5) is 20.2. The van der Waals surface area contributed by atoms with E-state index in [0.29, 0.717) is 13.1 Å². The molecule has 1 aromatic carbocycles. The van der Waals surface area contributed by atoms with Crippen LogP contribution in [0, 0.1) is 0 Å². The number of carbonyl (C=O) groups excluding carboxylic acids is 1. The van der Waals surface area contributed by atoms with E-state index >= 15 is 0 Å². The molecule has 3 heterocycles. The van der Waals surface area contributed by atoms with Crippen molar-refractivity contribution < 1.29 is 9.53 Å². The number of rotatable bonds is 3. The van der Waals surface area contributed by atoms with Crippen molar-refractivity contribution in [2.45, 2.75) is 0 Å². The Morgan fingerprint density at radius 1 is 1.19 bits per heavy atom. The number of pyridine rings is 1. The molecule has 2 aromatic heterocycles. The Morgan fingerprint density at radius 2 is 2.00 bits per heavy atom. The lowest BCUT2D eigenvalue weighted by molar-refractivity contribution is 0.204. The highest BCUT2D eigenvalue weighted by atomic mass is 32.1. The summed E-state index contributed by atoms with van der Waals surface area (Å²) < 4.78 is 6.51. The summed E-state index contributed by atoms with van der Waals surface area (Å²) in [6.07, 6.45) is 0. The van der Waals surface area contributed by atoms with E-state index in [1.165, 1.54) is 4.70 Å². The highest BCUT2D eigenvalue weighted by molar-refractivity contribution is 7.17. The van der Waals surface area contributed by atoms with E-state index in [-0.39, 0.29) is 6.03 Å². The Kier molecular flexibility index (Phi) is 4.38. The van der Waals surface area contributed by atoms with E-state index in [9.17, 15) is 4.79 Å². The number of carbonyl (C=O) groups is 1. The Hall–Kier alpha value is -2.80. The SMILES string of the molecule is COc1cccc(-c2cc(N3CCN(C(N)=O)CC3)c3sccc3n2)c1. The van der Waals surface area contributed by atoms with E-state index in [0.717, 1.165) is 41.3 Å². The van der Waals surface area contributed by atoms with Gasteiger partial charge in [0.2, 0.25) is 0 Å². The number of benzene rings is 1. The molecule has 0 spiro atoms. The lowest BCUT2D eigenvalue weighted by Gasteiger charge is -2.35. The number of nitrogens with two attached hydrogens (primary N) is 1. The van der Waals surface area contributed by atoms with Gasteiger partial charge >= 0.3 is 6.03 Å². The predicted molar refractivity (Wildman–Crippen MR) is 105 cm³/mol. The number of nitrogens with zero attached hydrogens (tertiary/aromatic N) is 3. The van der Waals surface area contributed by atoms with Crippen LogP contribution in [0.4, 0.5) is 10.5 Å². The number of urea groups is 1. The van der Waals surface area contributed by atoms with Crippen LogP contribution >= 0.6 is 11.3 Å². The molecule has 6 nitrogen and oxygen atoms in total. The van der Waals surface area contributed by atoms with Gasteiger partial charge in [-0.05, 0) is 29.6 Å². The normalized spacial score (nSPS) is 14.7. The number of hydrogen-bond donors (Lipinski definition) is 1. The van der Waals surface area contributed by atoms with Gasteiger partial charge in [0.15, 0.2) is 0 Å². The fourth-order valence-corrected chi connectivity index (χ4v) is 4.15. The highest BCUT2D eigenvalue weighted by Crippen LogP contribution is 2.35. The molecule has 1 aliphatic heterocycles. The summed E-state index contributed by atoms with van der Waals surface area (Å²) in [6.45, 7) is 2.80. The quantitative estimate of drug-likeness (QED) is 0.771. The second kappa shape index (κ2) is 6.84. The van der Waals surface area contributed by atoms with Crippen molar-refractivity contribution in [1.82, 2.24) is 9.88 Å². The maximum Gasteiger partial charge on any atom is 0.314 e. The molecule has 0 unspecified atom stereocenters. The first kappa shape index (κ1) is 16.7. The number of primary amides is 1. The molecule has 0 radical (unpaired) electrons. The number of hydrogen-bond acceptors (Lipinski definition) is 5. The maximum atomic E-state index is 11.4. The first-order valence-electron chi connectivity index (χ1n) is 8.48. The number of methoxy groups -OCH3 is 1. The van der Waals surface area contributed by atoms with E-state index in [2.05, 4.69) is 16.3 Å². The molecule has 0 bridgehead atoms. The highest BCUT2D eigenvalue weighted by Gasteiger charge is 2.22. The minimum atomic E-state index is -0.349. The molecular weight excluding hydrogens is 348 g/mol. The zero-order valence-electron chi connectivity index (χ0n) is 14.5. The fraction of sp³-hybridized carbons (Fsp3) is 0.263. The van der Waals surface area contributed by atoms with Crippen molar-refractivity contribution in [3.05, 3.63) is 41.8 Å². The van der Waals surface area contributed by atoms with Crippen molar-refractivity contribution in [1.29, 1.82) is 0 Å². The van der Waals surface area contributed by atoms with Gasteiger partial charge in [0.1, 0.15) is 5.75 Å². The van der Waals surface area contributed by atoms with Crippen LogP contribution in [0.2, 0.25) is 0 Å². The van der Waals surface area contributed by atoms with Gasteiger partial charge in [-0.25, -0.2) is 9.78 Å². The zero-order valence-corrected chi connectivity index (χ0v) is 15.3. The van der Waals surface area contributed by atoms with Crippen LogP contribution < -0.4 is 15.4 Å². The van der Waals surface area contributed by atoms with Gasteiger partial charge < -0.3 is 20.3 Å². The lowest BCUT2D eigenvalue weighted by atomic mass is 10.1. The molecule has 1 fully saturated rings. The first-order valence-corrected chi connectivity index (χ1v) is 9.35. The number of thiophene rings is 1. The average Bonchev–Trinajstić information content (AvgIpc) is 3.16. The topological polar surface area (TPSA) is 71.7 Å². The number of aromatic nitrogens is 1. The van der Waals surface area contributed by atoms with Crippen LogP contribution in [0.15, 0.2) is 41.8 Å². The van der Waals surface area contributed by atoms with Crippen LogP contribution in [0.5, 0.6) is 5.75 Å². The molecule has 134 valence electrons. The number of amides is 2. The minimum Gasteiger partial charge on any atom is -0.497 e. The van der Waals surface area contributed by atoms with Crippen molar-refractivity contribution >= 4 is 33.3 Å². The van der Waals surface area contributed by atoms with Crippen LogP contribution in [-0.4, -0.2) is 49.2 Å². The summed E-state index contributed by atoms with van der Waals surface area (Å²) >= 11 is 1.69. The van der Waals surface area contributed by atoms with Gasteiger partial charge in [0, 0.05) is 31.7 Å². The molecule has 7 heteroatoms. The molecule has 0 aliphatic carbocycles. The Bertz CT molecular complexity index is 948. The standard InChI is InChI=1S/C19H20N4O2S/c1-25-14-4-2-3-13(11-14)16-12-17(18-15(21-16)5-10-26-18)22-6-8-23(9-7-22)19(20)24/h2-5,10-12H,6-9H2,1H3,(H2,20,24). The summed E-state index contributed by atoms with van der Waals surface area (Å²) in [5.41, 5.74) is 9.49. The third-order valence-electron chi connectivity index (χ3n) is 4.69. The molecule has 3 aromatic rings. The Morgan fingerprint density at radius 3 is 2.73 bits per heavy atom. The van der Waals surface area contributed by atoms with E-state index in [4.69, 9.17) is 15.5 Å². The summed E-state index contributed by atoms with van der Waals surface area (Å²) in [7, 11) is 1.66. The lowest BCUT2D eigenvalue weighted by Crippen LogP contribution is -2.50. The van der Waals surface area contributed by atoms with Crippen LogP contribution in [-0.2, 0) is 0 Å². The molecule has 2 N–H and O–H groups in total. The molecule has 26 heavy (non-hydrogen) atoms. The third kappa shape index (κ3) is 3.06. The third-order valence-corrected chi connectivity index (χ3v) is 5.62. The molecule has 0 saturated carbocycles. The van der Waals surface area contributed by atoms with Crippen molar-refractivity contribution in [2.75, 3.05) is 38.2 Å². The van der Waals surface area contributed by atoms with Crippen molar-refractivity contribution in [2.24, 2.45) is 5.73 Å². The number of piperazine rings is 1. The molecule has 4 rings (SSSR count). The average molecular weight is 368 g/mol. The molecule has 1 saturated heterocycles. The monoisotopic (exact) mass is 368 g/mol. The van der Waals surface area contributed by atoms with Gasteiger partial charge in [0.25, 0.3) is 0 Å². The largest absolute Gasteiger partial charge is 0.497 e. The van der Waals surface area contributed by atoms with Crippen LogP contribution in [0.25, 0.3) is 21.5 Å². The number of fused-ring (bicyclic) bond motifs is 1. The Labute approximate surface area is 155 Å². The van der Waals surface area contributed by atoms with Crippen LogP contribution in [0.1, 0.15) is 0 Å². The number of ether oxygens (including phenoxy) is 1. The fourth-order valence-electron chi connectivity index (χ4n) is 3.27. The van der Waals surface area contributed by atoms with Crippen LogP contribution in [0.3, 0.4) is 0 Å². The zero-order chi connectivity index (χ0) is 18.1. The van der Waals surface area contributed by atoms with Crippen molar-refractivity contribution in [3.63, 3.8) is 0 Å². The van der Waals surface area contributed by atoms with E-state index < -0.39 is 0 Å². The summed E-state index contributed by atoms with van der Waals surface area (Å²) in [5.74, 6) is 0.811. The molecule has 0 atom stereocenters. The molecule has 2 amide bonds. The predicted octanol–water partition coefficient (Wildman–Crippen LogP) is 3.17. The van der Waals surface area contributed by atoms with Gasteiger partial charge in [-0.15, -0.1) is 11.3 Å². The van der Waals surface area contributed by atoms with E-state index in [1.807, 2.05) is 30.3 Å². The van der Waals surface area contributed by atoms with Gasteiger partial charge in [-0.2, -0.15) is 0 Å². The smallest absolute Gasteiger partial charge is 0.314 e. The second-order valence-electron chi connectivity index (χ2n) is 6.21. The first-order chi connectivity index (χ1) is 12.7. The minimum absolute atomic E-state index is 0.349. The summed E-state index contributed by atoms with van der Waals surface area (Å²) in [5, 5.41) is 2.07. The second-order valence-corrected chi connectivity index (χ2v) is 7.12.